The van der Waals surface area contributed by atoms with E-state index in [0.717, 1.165) is 11.3 Å². The zero-order chi connectivity index (χ0) is 9.52. The topological polar surface area (TPSA) is 29.1 Å². The minimum Gasteiger partial charge on any atom is -0.296 e. The number of carbonyl (C=O) groups is 1. The Morgan fingerprint density at radius 2 is 2.23 bits per heavy atom. The van der Waals surface area contributed by atoms with Gasteiger partial charge in [0.2, 0.25) is 5.91 Å². The summed E-state index contributed by atoms with van der Waals surface area (Å²) in [5, 5.41) is 0. The van der Waals surface area contributed by atoms with Crippen LogP contribution in [0.4, 0.5) is 0 Å². The van der Waals surface area contributed by atoms with Crippen molar-refractivity contribution < 1.29 is 4.79 Å². The summed E-state index contributed by atoms with van der Waals surface area (Å²) < 4.78 is 2.76. The van der Waals surface area contributed by atoms with Gasteiger partial charge in [0.25, 0.3) is 0 Å². The van der Waals surface area contributed by atoms with Crippen LogP contribution in [0.5, 0.6) is 0 Å². The first-order valence-electron chi connectivity index (χ1n) is 4.24. The van der Waals surface area contributed by atoms with Gasteiger partial charge in [-0.05, 0) is 36.6 Å². The van der Waals surface area contributed by atoms with Crippen molar-refractivity contribution in [2.24, 2.45) is 0 Å². The SMILES string of the molecule is CCCC(=O)NSc1cc[c]cc1. The van der Waals surface area contributed by atoms with Crippen LogP contribution in [0.2, 0.25) is 0 Å². The Bertz CT molecular complexity index is 261. The largest absolute Gasteiger partial charge is 0.296 e. The van der Waals surface area contributed by atoms with Gasteiger partial charge in [-0.15, -0.1) is 0 Å². The van der Waals surface area contributed by atoms with Gasteiger partial charge in [-0.25, -0.2) is 0 Å². The molecule has 0 fully saturated rings. The maximum atomic E-state index is 11.1. The van der Waals surface area contributed by atoms with E-state index in [0.29, 0.717) is 6.42 Å². The number of benzene rings is 1. The van der Waals surface area contributed by atoms with Gasteiger partial charge in [0.1, 0.15) is 0 Å². The van der Waals surface area contributed by atoms with Gasteiger partial charge in [-0.3, -0.25) is 9.52 Å². The molecule has 0 bridgehead atoms. The Balaban J connectivity index is 2.31. The van der Waals surface area contributed by atoms with Gasteiger partial charge in [-0.1, -0.05) is 19.1 Å². The second kappa shape index (κ2) is 5.65. The monoisotopic (exact) mass is 194 g/mol. The normalized spacial score (nSPS) is 9.62. The molecule has 0 saturated carbocycles. The van der Waals surface area contributed by atoms with Gasteiger partial charge >= 0.3 is 0 Å². The molecular weight excluding hydrogens is 182 g/mol. The Morgan fingerprint density at radius 1 is 1.54 bits per heavy atom. The molecule has 0 aliphatic heterocycles. The summed E-state index contributed by atoms with van der Waals surface area (Å²) in [7, 11) is 0. The van der Waals surface area contributed by atoms with Crippen molar-refractivity contribution in [2.45, 2.75) is 24.7 Å². The number of nitrogens with one attached hydrogen (secondary N) is 1. The van der Waals surface area contributed by atoms with Gasteiger partial charge in [0, 0.05) is 11.3 Å². The molecule has 0 atom stereocenters. The van der Waals surface area contributed by atoms with Crippen LogP contribution in [0.25, 0.3) is 0 Å². The number of hydrogen-bond donors (Lipinski definition) is 1. The second-order valence-corrected chi connectivity index (χ2v) is 3.49. The third-order valence-electron chi connectivity index (χ3n) is 1.45. The zero-order valence-corrected chi connectivity index (χ0v) is 8.36. The van der Waals surface area contributed by atoms with E-state index in [1.807, 2.05) is 31.2 Å². The highest BCUT2D eigenvalue weighted by Gasteiger charge is 1.98. The van der Waals surface area contributed by atoms with E-state index in [1.54, 1.807) is 0 Å². The van der Waals surface area contributed by atoms with E-state index in [2.05, 4.69) is 10.8 Å². The number of hydrogen-bond acceptors (Lipinski definition) is 2. The highest BCUT2D eigenvalue weighted by atomic mass is 32.2. The van der Waals surface area contributed by atoms with E-state index < -0.39 is 0 Å². The molecular formula is C10H12NOS. The summed E-state index contributed by atoms with van der Waals surface area (Å²) in [5.41, 5.74) is 0. The molecule has 1 rings (SSSR count). The van der Waals surface area contributed by atoms with Gasteiger partial charge in [-0.2, -0.15) is 0 Å². The molecule has 69 valence electrons. The number of amides is 1. The molecule has 1 radical (unpaired) electrons. The third kappa shape index (κ3) is 3.99. The lowest BCUT2D eigenvalue weighted by atomic mass is 10.3. The molecule has 1 amide bonds. The first kappa shape index (κ1) is 10.1. The molecule has 1 aromatic carbocycles. The van der Waals surface area contributed by atoms with Crippen LogP contribution >= 0.6 is 11.9 Å². The van der Waals surface area contributed by atoms with Crippen LogP contribution in [0.15, 0.2) is 29.2 Å². The molecule has 1 aromatic rings. The molecule has 3 heteroatoms. The smallest absolute Gasteiger partial charge is 0.230 e. The maximum Gasteiger partial charge on any atom is 0.230 e. The van der Waals surface area contributed by atoms with Crippen molar-refractivity contribution in [2.75, 3.05) is 0 Å². The van der Waals surface area contributed by atoms with Crippen molar-refractivity contribution in [3.8, 4) is 0 Å². The second-order valence-electron chi connectivity index (χ2n) is 2.61. The predicted octanol–water partition coefficient (Wildman–Crippen LogP) is 2.41. The fourth-order valence-electron chi connectivity index (χ4n) is 0.834. The molecule has 0 heterocycles. The van der Waals surface area contributed by atoms with Crippen molar-refractivity contribution in [3.05, 3.63) is 30.3 Å². The number of carbonyl (C=O) groups excluding carboxylic acids is 1. The van der Waals surface area contributed by atoms with Gasteiger partial charge in [0.05, 0.1) is 0 Å². The lowest BCUT2D eigenvalue weighted by Crippen LogP contribution is -2.14. The van der Waals surface area contributed by atoms with E-state index in [-0.39, 0.29) is 5.91 Å². The number of rotatable bonds is 4. The predicted molar refractivity (Wildman–Crippen MR) is 54.2 cm³/mol. The molecule has 0 aliphatic carbocycles. The van der Waals surface area contributed by atoms with Crippen LogP contribution in [-0.4, -0.2) is 5.91 Å². The molecule has 0 unspecified atom stereocenters. The summed E-state index contributed by atoms with van der Waals surface area (Å²) >= 11 is 1.35. The summed E-state index contributed by atoms with van der Waals surface area (Å²) in [6.45, 7) is 1.99. The van der Waals surface area contributed by atoms with E-state index in [9.17, 15) is 4.79 Å². The van der Waals surface area contributed by atoms with Crippen molar-refractivity contribution in [3.63, 3.8) is 0 Å². The summed E-state index contributed by atoms with van der Waals surface area (Å²) in [6, 6.07) is 10.4. The Hall–Kier alpha value is -0.960. The van der Waals surface area contributed by atoms with Crippen LogP contribution in [0, 0.1) is 6.07 Å². The van der Waals surface area contributed by atoms with Gasteiger partial charge < -0.3 is 0 Å². The fourth-order valence-corrected chi connectivity index (χ4v) is 1.44. The quantitative estimate of drug-likeness (QED) is 0.746. The van der Waals surface area contributed by atoms with Crippen LogP contribution in [-0.2, 0) is 4.79 Å². The van der Waals surface area contributed by atoms with Gasteiger partial charge in [0.15, 0.2) is 0 Å². The standard InChI is InChI=1S/C10H12NOS/c1-2-6-10(12)11-13-9-7-4-3-5-8-9/h4-5,7-8H,2,6H2,1H3,(H,11,12). The molecule has 2 nitrogen and oxygen atoms in total. The lowest BCUT2D eigenvalue weighted by molar-refractivity contribution is -0.119. The molecule has 13 heavy (non-hydrogen) atoms. The average molecular weight is 194 g/mol. The minimum atomic E-state index is 0.0836. The summed E-state index contributed by atoms with van der Waals surface area (Å²) in [4.78, 5) is 12.1. The Morgan fingerprint density at radius 3 is 2.85 bits per heavy atom. The fraction of sp³-hybridized carbons (Fsp3) is 0.300. The van der Waals surface area contributed by atoms with Crippen LogP contribution in [0.1, 0.15) is 19.8 Å². The summed E-state index contributed by atoms with van der Waals surface area (Å²) in [5.74, 6) is 0.0836. The summed E-state index contributed by atoms with van der Waals surface area (Å²) in [6.07, 6.45) is 1.47. The first-order chi connectivity index (χ1) is 6.33. The Labute approximate surface area is 82.9 Å². The third-order valence-corrected chi connectivity index (χ3v) is 2.29. The highest BCUT2D eigenvalue weighted by Crippen LogP contribution is 2.12. The molecule has 0 aromatic heterocycles. The highest BCUT2D eigenvalue weighted by molar-refractivity contribution is 7.98. The maximum absolute atomic E-state index is 11.1. The minimum absolute atomic E-state index is 0.0836. The van der Waals surface area contributed by atoms with Crippen molar-refractivity contribution in [1.29, 1.82) is 0 Å². The van der Waals surface area contributed by atoms with Crippen LogP contribution < -0.4 is 4.72 Å². The molecule has 0 aliphatic rings. The Kier molecular flexibility index (Phi) is 4.40. The van der Waals surface area contributed by atoms with Crippen LogP contribution in [0.3, 0.4) is 0 Å². The first-order valence-corrected chi connectivity index (χ1v) is 5.06. The average Bonchev–Trinajstić information content (AvgIpc) is 2.17. The van der Waals surface area contributed by atoms with E-state index in [4.69, 9.17) is 0 Å². The van der Waals surface area contributed by atoms with Crippen molar-refractivity contribution >= 4 is 17.9 Å². The lowest BCUT2D eigenvalue weighted by Gasteiger charge is -2.01. The van der Waals surface area contributed by atoms with Crippen molar-refractivity contribution in [1.82, 2.24) is 4.72 Å². The zero-order valence-electron chi connectivity index (χ0n) is 7.54. The van der Waals surface area contributed by atoms with E-state index in [1.165, 1.54) is 11.9 Å². The van der Waals surface area contributed by atoms with E-state index >= 15 is 0 Å². The molecule has 0 saturated heterocycles. The molecule has 1 N–H and O–H groups in total. The molecule has 0 spiro atoms.